The normalized spacial score (nSPS) is 32.2. The van der Waals surface area contributed by atoms with Gasteiger partial charge in [0.25, 0.3) is 0 Å². The van der Waals surface area contributed by atoms with Crippen LogP contribution in [0.4, 0.5) is 4.79 Å². The third kappa shape index (κ3) is 2.90. The number of hydrogen-bond donors (Lipinski definition) is 3. The molecule has 0 aromatic carbocycles. The highest BCUT2D eigenvalue weighted by molar-refractivity contribution is 5.82. The summed E-state index contributed by atoms with van der Waals surface area (Å²) in [6.07, 6.45) is 5.19. The summed E-state index contributed by atoms with van der Waals surface area (Å²) in [5.41, 5.74) is 0. The molecule has 2 fully saturated rings. The monoisotopic (exact) mass is 240 g/mol. The van der Waals surface area contributed by atoms with Crippen LogP contribution in [0, 0.1) is 17.8 Å². The van der Waals surface area contributed by atoms with Crippen LogP contribution in [0.1, 0.15) is 32.6 Å². The van der Waals surface area contributed by atoms with E-state index in [1.807, 2.05) is 0 Å². The number of fused-ring (bicyclic) bond motifs is 2. The number of nitrogens with one attached hydrogen (secondary N) is 2. The van der Waals surface area contributed by atoms with Gasteiger partial charge in [0, 0.05) is 6.54 Å². The van der Waals surface area contributed by atoms with E-state index in [4.69, 9.17) is 5.11 Å². The Morgan fingerprint density at radius 1 is 1.35 bits per heavy atom. The van der Waals surface area contributed by atoms with E-state index in [1.165, 1.54) is 32.6 Å². The van der Waals surface area contributed by atoms with Gasteiger partial charge in [-0.05, 0) is 43.9 Å². The number of aliphatic carboxylic acids is 1. The molecule has 2 amide bonds. The quantitative estimate of drug-likeness (QED) is 0.690. The highest BCUT2D eigenvalue weighted by Gasteiger charge is 2.39. The van der Waals surface area contributed by atoms with Crippen LogP contribution in [0.15, 0.2) is 0 Å². The van der Waals surface area contributed by atoms with Crippen LogP contribution in [0.5, 0.6) is 0 Å². The molecule has 0 aromatic heterocycles. The minimum Gasteiger partial charge on any atom is -0.480 e. The first-order valence-corrected chi connectivity index (χ1v) is 6.33. The molecule has 5 nitrogen and oxygen atoms in total. The average Bonchev–Trinajstić information content (AvgIpc) is 2.87. The van der Waals surface area contributed by atoms with E-state index in [2.05, 4.69) is 10.6 Å². The Morgan fingerprint density at radius 2 is 2.12 bits per heavy atom. The molecule has 2 aliphatic rings. The van der Waals surface area contributed by atoms with Crippen molar-refractivity contribution >= 4 is 12.0 Å². The van der Waals surface area contributed by atoms with E-state index in [-0.39, 0.29) is 6.03 Å². The molecule has 17 heavy (non-hydrogen) atoms. The highest BCUT2D eigenvalue weighted by atomic mass is 16.4. The van der Waals surface area contributed by atoms with Gasteiger partial charge in [-0.2, -0.15) is 0 Å². The standard InChI is InChI=1S/C12H20N2O3/c1-7(11(15)16)14-12(17)13-6-10-5-8-2-3-9(10)4-8/h7-10H,2-6H2,1H3,(H,15,16)(H2,13,14,17)/t7-,8?,9?,10?/m1/s1. The molecule has 3 N–H and O–H groups in total. The van der Waals surface area contributed by atoms with Gasteiger partial charge in [0.05, 0.1) is 0 Å². The second kappa shape index (κ2) is 4.94. The minimum absolute atomic E-state index is 0.373. The molecule has 0 heterocycles. The Labute approximate surface area is 101 Å². The molecule has 2 aliphatic carbocycles. The molecule has 0 spiro atoms. The summed E-state index contributed by atoms with van der Waals surface area (Å²) < 4.78 is 0. The largest absolute Gasteiger partial charge is 0.480 e. The number of amides is 2. The molecule has 0 aromatic rings. The third-order valence-corrected chi connectivity index (χ3v) is 4.13. The van der Waals surface area contributed by atoms with Crippen molar-refractivity contribution in [3.8, 4) is 0 Å². The first kappa shape index (κ1) is 12.2. The summed E-state index contributed by atoms with van der Waals surface area (Å²) in [5, 5.41) is 13.8. The lowest BCUT2D eigenvalue weighted by molar-refractivity contribution is -0.138. The molecular weight excluding hydrogens is 220 g/mol. The molecule has 4 atom stereocenters. The van der Waals surface area contributed by atoms with Crippen molar-refractivity contribution < 1.29 is 14.7 Å². The molecule has 2 bridgehead atoms. The van der Waals surface area contributed by atoms with Crippen molar-refractivity contribution in [2.75, 3.05) is 6.54 Å². The van der Waals surface area contributed by atoms with Gasteiger partial charge in [-0.15, -0.1) is 0 Å². The van der Waals surface area contributed by atoms with Crippen molar-refractivity contribution in [2.24, 2.45) is 17.8 Å². The first-order valence-electron chi connectivity index (χ1n) is 6.33. The van der Waals surface area contributed by atoms with Crippen LogP contribution >= 0.6 is 0 Å². The Morgan fingerprint density at radius 3 is 2.65 bits per heavy atom. The summed E-state index contributed by atoms with van der Waals surface area (Å²) in [6, 6.07) is -1.21. The molecule has 0 aliphatic heterocycles. The summed E-state index contributed by atoms with van der Waals surface area (Å²) >= 11 is 0. The van der Waals surface area contributed by atoms with Gasteiger partial charge in [0.15, 0.2) is 0 Å². The smallest absolute Gasteiger partial charge is 0.325 e. The maximum Gasteiger partial charge on any atom is 0.325 e. The molecule has 3 unspecified atom stereocenters. The second-order valence-electron chi connectivity index (χ2n) is 5.35. The van der Waals surface area contributed by atoms with Gasteiger partial charge in [0.1, 0.15) is 6.04 Å². The number of carboxylic acid groups (broad SMARTS) is 1. The number of urea groups is 1. The van der Waals surface area contributed by atoms with Crippen LogP contribution in [0.25, 0.3) is 0 Å². The number of rotatable bonds is 4. The highest BCUT2D eigenvalue weighted by Crippen LogP contribution is 2.47. The van der Waals surface area contributed by atoms with Gasteiger partial charge in [-0.1, -0.05) is 6.42 Å². The van der Waals surface area contributed by atoms with Gasteiger partial charge >= 0.3 is 12.0 Å². The number of carbonyl (C=O) groups is 2. The summed E-state index contributed by atoms with van der Waals surface area (Å²) in [5.74, 6) is 1.23. The average molecular weight is 240 g/mol. The lowest BCUT2D eigenvalue weighted by Crippen LogP contribution is -2.45. The maximum absolute atomic E-state index is 11.4. The van der Waals surface area contributed by atoms with Crippen molar-refractivity contribution in [1.29, 1.82) is 0 Å². The third-order valence-electron chi connectivity index (χ3n) is 4.13. The molecular formula is C12H20N2O3. The van der Waals surface area contributed by atoms with E-state index in [0.29, 0.717) is 12.5 Å². The summed E-state index contributed by atoms with van der Waals surface area (Å²) in [7, 11) is 0. The van der Waals surface area contributed by atoms with E-state index in [1.54, 1.807) is 0 Å². The van der Waals surface area contributed by atoms with Gasteiger partial charge in [0.2, 0.25) is 0 Å². The zero-order valence-corrected chi connectivity index (χ0v) is 10.1. The van der Waals surface area contributed by atoms with Gasteiger partial charge < -0.3 is 15.7 Å². The Kier molecular flexibility index (Phi) is 3.54. The van der Waals surface area contributed by atoms with Crippen LogP contribution < -0.4 is 10.6 Å². The van der Waals surface area contributed by atoms with Crippen LogP contribution in [-0.4, -0.2) is 29.7 Å². The minimum atomic E-state index is -1.01. The first-order chi connectivity index (χ1) is 8.06. The molecule has 0 radical (unpaired) electrons. The topological polar surface area (TPSA) is 78.4 Å². The number of carbonyl (C=O) groups excluding carboxylic acids is 1. The van der Waals surface area contributed by atoms with Crippen LogP contribution in [-0.2, 0) is 4.79 Å². The molecule has 0 saturated heterocycles. The van der Waals surface area contributed by atoms with Crippen LogP contribution in [0.3, 0.4) is 0 Å². The Hall–Kier alpha value is -1.26. The van der Waals surface area contributed by atoms with Gasteiger partial charge in [-0.3, -0.25) is 4.79 Å². The zero-order valence-electron chi connectivity index (χ0n) is 10.1. The van der Waals surface area contributed by atoms with Crippen molar-refractivity contribution in [3.05, 3.63) is 0 Å². The fraction of sp³-hybridized carbons (Fsp3) is 0.833. The van der Waals surface area contributed by atoms with E-state index in [9.17, 15) is 9.59 Å². The lowest BCUT2D eigenvalue weighted by Gasteiger charge is -2.22. The predicted octanol–water partition coefficient (Wildman–Crippen LogP) is 1.19. The molecule has 2 saturated carbocycles. The molecule has 2 rings (SSSR count). The molecule has 5 heteroatoms. The van der Waals surface area contributed by atoms with Crippen molar-refractivity contribution in [1.82, 2.24) is 10.6 Å². The summed E-state index contributed by atoms with van der Waals surface area (Å²) in [6.45, 7) is 2.14. The van der Waals surface area contributed by atoms with E-state index in [0.717, 1.165) is 11.8 Å². The van der Waals surface area contributed by atoms with Gasteiger partial charge in [-0.25, -0.2) is 4.79 Å². The fourth-order valence-corrected chi connectivity index (χ4v) is 3.16. The van der Waals surface area contributed by atoms with Crippen molar-refractivity contribution in [3.63, 3.8) is 0 Å². The lowest BCUT2D eigenvalue weighted by atomic mass is 9.89. The second-order valence-corrected chi connectivity index (χ2v) is 5.35. The maximum atomic E-state index is 11.4. The number of hydrogen-bond acceptors (Lipinski definition) is 2. The Balaban J connectivity index is 1.68. The number of carboxylic acids is 1. The van der Waals surface area contributed by atoms with Crippen LogP contribution in [0.2, 0.25) is 0 Å². The summed E-state index contributed by atoms with van der Waals surface area (Å²) in [4.78, 5) is 22.0. The zero-order chi connectivity index (χ0) is 12.4. The predicted molar refractivity (Wildman–Crippen MR) is 62.6 cm³/mol. The Bertz CT molecular complexity index is 319. The fourth-order valence-electron chi connectivity index (χ4n) is 3.16. The SMILES string of the molecule is C[C@@H](NC(=O)NCC1CC2CCC1C2)C(=O)O. The van der Waals surface area contributed by atoms with E-state index >= 15 is 0 Å². The van der Waals surface area contributed by atoms with E-state index < -0.39 is 12.0 Å². The molecule has 96 valence electrons. The van der Waals surface area contributed by atoms with Crippen molar-refractivity contribution in [2.45, 2.75) is 38.6 Å².